The van der Waals surface area contributed by atoms with Gasteiger partial charge in [0, 0.05) is 32.1 Å². The molecule has 1 N–H and O–H groups in total. The van der Waals surface area contributed by atoms with Crippen molar-refractivity contribution >= 4 is 23.4 Å². The Bertz CT molecular complexity index is 1510. The lowest BCUT2D eigenvalue weighted by atomic mass is 9.85. The van der Waals surface area contributed by atoms with Crippen molar-refractivity contribution in [3.05, 3.63) is 77.2 Å². The van der Waals surface area contributed by atoms with Crippen LogP contribution in [0.4, 0.5) is 18.9 Å². The topological polar surface area (TPSA) is 91.8 Å². The van der Waals surface area contributed by atoms with Crippen molar-refractivity contribution in [1.29, 1.82) is 0 Å². The van der Waals surface area contributed by atoms with Crippen molar-refractivity contribution in [2.45, 2.75) is 38.1 Å². The normalized spacial score (nSPS) is 18.5. The standard InChI is InChI=1S/C30H29F3N4O4/c1-18(38)34-24-16-19(8-11-25(24)41-2)28(39)37-15-5-13-30(37)12-4-14-36(17-30)29(40)23-10-9-22(33)27(35-23)26-20(31)6-3-7-21(26)32/h3,6-11,16H,4-5,12-15,17H2,1-2H3,(H,34,38). The van der Waals surface area contributed by atoms with Gasteiger partial charge in [0.1, 0.15) is 34.6 Å². The van der Waals surface area contributed by atoms with Crippen molar-refractivity contribution in [3.63, 3.8) is 0 Å². The number of benzene rings is 2. The minimum atomic E-state index is -0.988. The minimum Gasteiger partial charge on any atom is -0.495 e. The molecule has 2 fully saturated rings. The molecule has 0 aliphatic carbocycles. The summed E-state index contributed by atoms with van der Waals surface area (Å²) in [6.07, 6.45) is 2.72. The number of anilines is 1. The van der Waals surface area contributed by atoms with Gasteiger partial charge in [0.05, 0.1) is 23.9 Å². The van der Waals surface area contributed by atoms with E-state index in [0.717, 1.165) is 30.7 Å². The SMILES string of the molecule is COc1ccc(C(=O)N2CCCC23CCCN(C(=O)c2ccc(F)c(-c4c(F)cccc4F)n2)C3)cc1NC(C)=O. The smallest absolute Gasteiger partial charge is 0.272 e. The predicted molar refractivity (Wildman–Crippen MR) is 145 cm³/mol. The van der Waals surface area contributed by atoms with Crippen LogP contribution in [0.2, 0.25) is 0 Å². The predicted octanol–water partition coefficient (Wildman–Crippen LogP) is 5.04. The summed E-state index contributed by atoms with van der Waals surface area (Å²) < 4.78 is 48.7. The summed E-state index contributed by atoms with van der Waals surface area (Å²) in [6, 6.07) is 10.2. The van der Waals surface area contributed by atoms with Crippen LogP contribution in [0.25, 0.3) is 11.3 Å². The minimum absolute atomic E-state index is 0.146. The van der Waals surface area contributed by atoms with E-state index in [0.29, 0.717) is 49.4 Å². The average molecular weight is 567 g/mol. The molecule has 2 saturated heterocycles. The number of ether oxygens (including phenoxy) is 1. The molecule has 0 bridgehead atoms. The molecular formula is C30H29F3N4O4. The third-order valence-corrected chi connectivity index (χ3v) is 7.71. The highest BCUT2D eigenvalue weighted by Crippen LogP contribution is 2.39. The van der Waals surface area contributed by atoms with E-state index in [1.165, 1.54) is 20.1 Å². The van der Waals surface area contributed by atoms with E-state index in [4.69, 9.17) is 4.74 Å². The summed E-state index contributed by atoms with van der Waals surface area (Å²) in [7, 11) is 1.47. The highest BCUT2D eigenvalue weighted by atomic mass is 19.1. The number of likely N-dealkylation sites (tertiary alicyclic amines) is 2. The number of hydrogen-bond acceptors (Lipinski definition) is 5. The van der Waals surface area contributed by atoms with E-state index in [-0.39, 0.29) is 24.1 Å². The van der Waals surface area contributed by atoms with Crippen molar-refractivity contribution in [2.75, 3.05) is 32.1 Å². The Morgan fingerprint density at radius 2 is 1.63 bits per heavy atom. The number of methoxy groups -OCH3 is 1. The van der Waals surface area contributed by atoms with Gasteiger partial charge in [-0.15, -0.1) is 0 Å². The molecule has 3 heterocycles. The van der Waals surface area contributed by atoms with Crippen molar-refractivity contribution in [2.24, 2.45) is 0 Å². The zero-order chi connectivity index (χ0) is 29.3. The Balaban J connectivity index is 1.41. The summed E-state index contributed by atoms with van der Waals surface area (Å²) in [4.78, 5) is 46.4. The van der Waals surface area contributed by atoms with Gasteiger partial charge < -0.3 is 19.9 Å². The van der Waals surface area contributed by atoms with Crippen LogP contribution in [0.15, 0.2) is 48.5 Å². The molecule has 1 aromatic heterocycles. The van der Waals surface area contributed by atoms with Gasteiger partial charge in [-0.3, -0.25) is 14.4 Å². The van der Waals surface area contributed by atoms with E-state index >= 15 is 0 Å². The fraction of sp³-hybridized carbons (Fsp3) is 0.333. The zero-order valence-electron chi connectivity index (χ0n) is 22.7. The fourth-order valence-corrected chi connectivity index (χ4v) is 5.87. The van der Waals surface area contributed by atoms with Crippen LogP contribution >= 0.6 is 0 Å². The molecule has 214 valence electrons. The largest absolute Gasteiger partial charge is 0.495 e. The second-order valence-corrected chi connectivity index (χ2v) is 10.3. The van der Waals surface area contributed by atoms with Gasteiger partial charge in [-0.1, -0.05) is 6.07 Å². The van der Waals surface area contributed by atoms with Crippen LogP contribution < -0.4 is 10.1 Å². The number of hydrogen-bond donors (Lipinski definition) is 1. The summed E-state index contributed by atoms with van der Waals surface area (Å²) in [6.45, 7) is 2.48. The summed E-state index contributed by atoms with van der Waals surface area (Å²) >= 11 is 0. The third kappa shape index (κ3) is 5.36. The molecular weight excluding hydrogens is 537 g/mol. The highest BCUT2D eigenvalue weighted by molar-refractivity contribution is 5.98. The quantitative estimate of drug-likeness (QED) is 0.467. The Kier molecular flexibility index (Phi) is 7.70. The number of halogens is 3. The molecule has 11 heteroatoms. The van der Waals surface area contributed by atoms with E-state index in [1.807, 2.05) is 0 Å². The maximum atomic E-state index is 14.6. The van der Waals surface area contributed by atoms with Crippen LogP contribution in [-0.2, 0) is 4.79 Å². The van der Waals surface area contributed by atoms with Crippen LogP contribution in [-0.4, -0.2) is 64.8 Å². The molecule has 1 unspecified atom stereocenters. The number of rotatable bonds is 5. The number of aromatic nitrogens is 1. The van der Waals surface area contributed by atoms with Gasteiger partial charge in [-0.25, -0.2) is 18.2 Å². The van der Waals surface area contributed by atoms with Gasteiger partial charge in [0.15, 0.2) is 0 Å². The first-order valence-electron chi connectivity index (χ1n) is 13.3. The number of nitrogens with one attached hydrogen (secondary N) is 1. The number of nitrogens with zero attached hydrogens (tertiary/aromatic N) is 3. The average Bonchev–Trinajstić information content (AvgIpc) is 3.34. The molecule has 0 radical (unpaired) electrons. The molecule has 2 aliphatic heterocycles. The Hall–Kier alpha value is -4.41. The number of amides is 3. The molecule has 3 amide bonds. The van der Waals surface area contributed by atoms with Crippen molar-refractivity contribution in [1.82, 2.24) is 14.8 Å². The first-order valence-corrected chi connectivity index (χ1v) is 13.3. The second kappa shape index (κ2) is 11.2. The highest BCUT2D eigenvalue weighted by Gasteiger charge is 2.47. The van der Waals surface area contributed by atoms with Crippen molar-refractivity contribution < 1.29 is 32.3 Å². The molecule has 1 spiro atoms. The zero-order valence-corrected chi connectivity index (χ0v) is 22.7. The maximum absolute atomic E-state index is 14.6. The first-order chi connectivity index (χ1) is 19.6. The van der Waals surface area contributed by atoms with E-state index in [1.54, 1.807) is 28.0 Å². The molecule has 8 nitrogen and oxygen atoms in total. The Morgan fingerprint density at radius 1 is 0.927 bits per heavy atom. The lowest BCUT2D eigenvalue weighted by molar-refractivity contribution is -0.114. The third-order valence-electron chi connectivity index (χ3n) is 7.71. The van der Waals surface area contributed by atoms with Gasteiger partial charge in [0.2, 0.25) is 5.91 Å². The monoisotopic (exact) mass is 566 g/mol. The summed E-state index contributed by atoms with van der Waals surface area (Å²) in [5.41, 5.74) is -1.24. The number of carbonyl (C=O) groups is 3. The van der Waals surface area contributed by atoms with Crippen LogP contribution in [0.5, 0.6) is 5.75 Å². The first kappa shape index (κ1) is 28.1. The summed E-state index contributed by atoms with van der Waals surface area (Å²) in [5, 5.41) is 2.68. The molecule has 5 rings (SSSR count). The Labute approximate surface area is 235 Å². The summed E-state index contributed by atoms with van der Waals surface area (Å²) in [5.74, 6) is -3.56. The molecule has 2 aliphatic rings. The maximum Gasteiger partial charge on any atom is 0.272 e. The van der Waals surface area contributed by atoms with Crippen LogP contribution in [0.1, 0.15) is 53.5 Å². The lowest BCUT2D eigenvalue weighted by Gasteiger charge is -2.46. The number of carbonyl (C=O) groups excluding carboxylic acids is 3. The van der Waals surface area contributed by atoms with Gasteiger partial charge in [-0.2, -0.15) is 0 Å². The van der Waals surface area contributed by atoms with Gasteiger partial charge in [0.25, 0.3) is 11.8 Å². The van der Waals surface area contributed by atoms with Crippen LogP contribution in [0, 0.1) is 17.5 Å². The Morgan fingerprint density at radius 3 is 2.32 bits per heavy atom. The van der Waals surface area contributed by atoms with Crippen LogP contribution in [0.3, 0.4) is 0 Å². The van der Waals surface area contributed by atoms with E-state index in [2.05, 4.69) is 10.3 Å². The van der Waals surface area contributed by atoms with E-state index in [9.17, 15) is 27.6 Å². The van der Waals surface area contributed by atoms with Crippen molar-refractivity contribution in [3.8, 4) is 17.0 Å². The number of piperidine rings is 1. The fourth-order valence-electron chi connectivity index (χ4n) is 5.87. The second-order valence-electron chi connectivity index (χ2n) is 10.3. The molecule has 41 heavy (non-hydrogen) atoms. The molecule has 2 aromatic carbocycles. The lowest BCUT2D eigenvalue weighted by Crippen LogP contribution is -2.58. The van der Waals surface area contributed by atoms with Gasteiger partial charge >= 0.3 is 0 Å². The molecule has 3 aromatic rings. The molecule has 0 saturated carbocycles. The number of pyridine rings is 1. The van der Waals surface area contributed by atoms with E-state index < -0.39 is 40.2 Å². The molecule has 1 atom stereocenters. The van der Waals surface area contributed by atoms with Gasteiger partial charge in [-0.05, 0) is 68.1 Å².